The Hall–Kier alpha value is -1.06. The quantitative estimate of drug-likeness (QED) is 0.330. The highest BCUT2D eigenvalue weighted by atomic mass is 35.5. The first kappa shape index (κ1) is 10.0. The van der Waals surface area contributed by atoms with Gasteiger partial charge in [-0.05, 0) is 35.9 Å². The van der Waals surface area contributed by atoms with Crippen molar-refractivity contribution >= 4 is 34.4 Å². The molecule has 0 bridgehead atoms. The van der Waals surface area contributed by atoms with E-state index < -0.39 is 11.2 Å². The van der Waals surface area contributed by atoms with Gasteiger partial charge in [0, 0.05) is 5.02 Å². The molecular formula is C8H4Cl2O3. The molecule has 3 nitrogen and oxygen atoms in total. The lowest BCUT2D eigenvalue weighted by atomic mass is 10.3. The maximum atomic E-state index is 10.7. The highest BCUT2D eigenvalue weighted by Crippen LogP contribution is 2.15. The van der Waals surface area contributed by atoms with Gasteiger partial charge in [0.05, 0.1) is 0 Å². The summed E-state index contributed by atoms with van der Waals surface area (Å²) in [5.41, 5.74) is 0. The number of rotatable bonds is 2. The van der Waals surface area contributed by atoms with E-state index in [0.717, 1.165) is 0 Å². The van der Waals surface area contributed by atoms with Crippen LogP contribution < -0.4 is 4.74 Å². The molecule has 0 fully saturated rings. The average molecular weight is 219 g/mol. The van der Waals surface area contributed by atoms with E-state index in [2.05, 4.69) is 4.74 Å². The second kappa shape index (κ2) is 4.25. The van der Waals surface area contributed by atoms with Crippen LogP contribution in [0.3, 0.4) is 0 Å². The third-order valence-electron chi connectivity index (χ3n) is 1.18. The molecule has 0 aromatic heterocycles. The van der Waals surface area contributed by atoms with Gasteiger partial charge in [-0.1, -0.05) is 11.6 Å². The summed E-state index contributed by atoms with van der Waals surface area (Å²) < 4.78 is 4.55. The number of hydrogen-bond acceptors (Lipinski definition) is 3. The molecule has 0 unspecified atom stereocenters. The Bertz CT molecular complexity index is 332. The summed E-state index contributed by atoms with van der Waals surface area (Å²) >= 11 is 10.4. The normalized spacial score (nSPS) is 9.38. The third kappa shape index (κ3) is 3.05. The zero-order valence-electron chi connectivity index (χ0n) is 6.29. The molecule has 0 saturated carbocycles. The molecule has 1 rings (SSSR count). The Kier molecular flexibility index (Phi) is 3.28. The molecule has 0 heterocycles. The van der Waals surface area contributed by atoms with Crippen molar-refractivity contribution in [2.75, 3.05) is 0 Å². The van der Waals surface area contributed by atoms with Crippen molar-refractivity contribution in [3.63, 3.8) is 0 Å². The molecule has 13 heavy (non-hydrogen) atoms. The lowest BCUT2D eigenvalue weighted by Gasteiger charge is -1.99. The largest absolute Gasteiger partial charge is 0.420 e. The lowest BCUT2D eigenvalue weighted by Crippen LogP contribution is -2.14. The Balaban J connectivity index is 2.70. The fourth-order valence-electron chi connectivity index (χ4n) is 0.650. The predicted molar refractivity (Wildman–Crippen MR) is 47.9 cm³/mol. The summed E-state index contributed by atoms with van der Waals surface area (Å²) in [7, 11) is 0. The van der Waals surface area contributed by atoms with Crippen molar-refractivity contribution in [3.8, 4) is 5.75 Å². The standard InChI is InChI=1S/C8H4Cl2O3/c9-5-1-3-6(4-2-5)13-8(12)7(10)11/h1-4H. The van der Waals surface area contributed by atoms with Crippen LogP contribution >= 0.6 is 23.2 Å². The molecule has 0 amide bonds. The van der Waals surface area contributed by atoms with E-state index in [1.54, 1.807) is 0 Å². The van der Waals surface area contributed by atoms with Crippen LogP contribution in [0, 0.1) is 0 Å². The summed E-state index contributed by atoms with van der Waals surface area (Å²) in [6.07, 6.45) is 0. The molecule has 0 aliphatic rings. The summed E-state index contributed by atoms with van der Waals surface area (Å²) in [6.45, 7) is 0. The van der Waals surface area contributed by atoms with E-state index in [1.807, 2.05) is 0 Å². The Morgan fingerprint density at radius 3 is 2.15 bits per heavy atom. The van der Waals surface area contributed by atoms with Crippen LogP contribution in [0.4, 0.5) is 0 Å². The van der Waals surface area contributed by atoms with E-state index in [1.165, 1.54) is 24.3 Å². The van der Waals surface area contributed by atoms with Crippen molar-refractivity contribution in [3.05, 3.63) is 29.3 Å². The first-order valence-corrected chi connectivity index (χ1v) is 4.02. The third-order valence-corrected chi connectivity index (χ3v) is 1.59. The van der Waals surface area contributed by atoms with Crippen molar-refractivity contribution in [2.45, 2.75) is 0 Å². The van der Waals surface area contributed by atoms with Gasteiger partial charge in [0.15, 0.2) is 0 Å². The molecule has 5 heteroatoms. The highest BCUT2D eigenvalue weighted by molar-refractivity contribution is 6.80. The number of halogens is 2. The van der Waals surface area contributed by atoms with Crippen LogP contribution in [0.5, 0.6) is 5.75 Å². The first-order chi connectivity index (χ1) is 6.09. The number of hydrogen-bond donors (Lipinski definition) is 0. The first-order valence-electron chi connectivity index (χ1n) is 3.27. The van der Waals surface area contributed by atoms with Gasteiger partial charge in [-0.25, -0.2) is 4.79 Å². The van der Waals surface area contributed by atoms with Crippen LogP contribution in [0.2, 0.25) is 5.02 Å². The SMILES string of the molecule is O=C(Cl)C(=O)Oc1ccc(Cl)cc1. The van der Waals surface area contributed by atoms with Crippen LogP contribution in [0.15, 0.2) is 24.3 Å². The molecule has 0 N–H and O–H groups in total. The van der Waals surface area contributed by atoms with E-state index in [4.69, 9.17) is 23.2 Å². The second-order valence-electron chi connectivity index (χ2n) is 2.12. The van der Waals surface area contributed by atoms with Gasteiger partial charge < -0.3 is 4.74 Å². The Labute approximate surface area is 84.2 Å². The van der Waals surface area contributed by atoms with Crippen LogP contribution in [0.25, 0.3) is 0 Å². The van der Waals surface area contributed by atoms with Gasteiger partial charge in [0.25, 0.3) is 0 Å². The van der Waals surface area contributed by atoms with Crippen molar-refractivity contribution in [1.82, 2.24) is 0 Å². The van der Waals surface area contributed by atoms with Gasteiger partial charge in [-0.3, -0.25) is 4.79 Å². The number of benzene rings is 1. The highest BCUT2D eigenvalue weighted by Gasteiger charge is 2.12. The molecule has 0 saturated heterocycles. The number of carbonyl (C=O) groups excluding carboxylic acids is 2. The van der Waals surface area contributed by atoms with Gasteiger partial charge in [0.1, 0.15) is 5.75 Å². The van der Waals surface area contributed by atoms with E-state index in [9.17, 15) is 9.59 Å². The minimum atomic E-state index is -1.16. The zero-order valence-corrected chi connectivity index (χ0v) is 7.80. The second-order valence-corrected chi connectivity index (χ2v) is 2.90. The van der Waals surface area contributed by atoms with Crippen LogP contribution in [-0.4, -0.2) is 11.2 Å². The number of esters is 1. The molecule has 1 aromatic rings. The Morgan fingerprint density at radius 2 is 1.69 bits per heavy atom. The monoisotopic (exact) mass is 218 g/mol. The number of ether oxygens (including phenoxy) is 1. The molecular weight excluding hydrogens is 215 g/mol. The summed E-state index contributed by atoms with van der Waals surface area (Å²) in [4.78, 5) is 20.9. The zero-order chi connectivity index (χ0) is 9.84. The molecule has 0 aliphatic carbocycles. The maximum Gasteiger partial charge on any atom is 0.396 e. The average Bonchev–Trinajstić information content (AvgIpc) is 2.08. The molecule has 0 atom stereocenters. The summed E-state index contributed by atoms with van der Waals surface area (Å²) in [6, 6.07) is 5.98. The molecule has 0 spiro atoms. The van der Waals surface area contributed by atoms with Gasteiger partial charge in [-0.2, -0.15) is 0 Å². The van der Waals surface area contributed by atoms with E-state index in [-0.39, 0.29) is 5.75 Å². The minimum Gasteiger partial charge on any atom is -0.420 e. The molecule has 0 radical (unpaired) electrons. The smallest absolute Gasteiger partial charge is 0.396 e. The van der Waals surface area contributed by atoms with Crippen molar-refractivity contribution in [1.29, 1.82) is 0 Å². The topological polar surface area (TPSA) is 43.4 Å². The molecule has 0 aliphatic heterocycles. The van der Waals surface area contributed by atoms with Gasteiger partial charge in [-0.15, -0.1) is 0 Å². The van der Waals surface area contributed by atoms with E-state index in [0.29, 0.717) is 5.02 Å². The fraction of sp³-hybridized carbons (Fsp3) is 0. The fourth-order valence-corrected chi connectivity index (χ4v) is 0.814. The Morgan fingerprint density at radius 1 is 1.15 bits per heavy atom. The number of carbonyl (C=O) groups is 2. The molecule has 1 aromatic carbocycles. The van der Waals surface area contributed by atoms with E-state index >= 15 is 0 Å². The lowest BCUT2D eigenvalue weighted by molar-refractivity contribution is -0.143. The molecule has 68 valence electrons. The van der Waals surface area contributed by atoms with Crippen molar-refractivity contribution in [2.24, 2.45) is 0 Å². The summed E-state index contributed by atoms with van der Waals surface area (Å²) in [5, 5.41) is -0.646. The summed E-state index contributed by atoms with van der Waals surface area (Å²) in [5.74, 6) is -0.882. The van der Waals surface area contributed by atoms with Crippen LogP contribution in [0.1, 0.15) is 0 Å². The van der Waals surface area contributed by atoms with Gasteiger partial charge in [0.2, 0.25) is 0 Å². The van der Waals surface area contributed by atoms with Crippen LogP contribution in [-0.2, 0) is 9.59 Å². The predicted octanol–water partition coefficient (Wildman–Crippen LogP) is 2.01. The maximum absolute atomic E-state index is 10.7. The minimum absolute atomic E-state index is 0.225. The van der Waals surface area contributed by atoms with Crippen molar-refractivity contribution < 1.29 is 14.3 Å². The van der Waals surface area contributed by atoms with Gasteiger partial charge >= 0.3 is 11.2 Å².